The SMILES string of the molecule is Cc1ccc(C(C)C)cc1C(N(C)C)C1(N)CC1. The van der Waals surface area contributed by atoms with Gasteiger partial charge in [-0.3, -0.25) is 0 Å². The van der Waals surface area contributed by atoms with Crippen LogP contribution in [0.4, 0.5) is 0 Å². The van der Waals surface area contributed by atoms with E-state index in [1.807, 2.05) is 0 Å². The predicted octanol–water partition coefficient (Wildman–Crippen LogP) is 3.21. The summed E-state index contributed by atoms with van der Waals surface area (Å²) in [4.78, 5) is 2.28. The van der Waals surface area contributed by atoms with E-state index in [4.69, 9.17) is 5.73 Å². The number of rotatable bonds is 4. The highest BCUT2D eigenvalue weighted by atomic mass is 15.1. The van der Waals surface area contributed by atoms with Gasteiger partial charge in [-0.15, -0.1) is 0 Å². The normalized spacial score (nSPS) is 19.3. The lowest BCUT2D eigenvalue weighted by Gasteiger charge is -2.32. The minimum atomic E-state index is -0.0101. The van der Waals surface area contributed by atoms with Crippen molar-refractivity contribution in [1.82, 2.24) is 4.90 Å². The van der Waals surface area contributed by atoms with Crippen LogP contribution in [0.1, 0.15) is 55.3 Å². The molecule has 100 valence electrons. The van der Waals surface area contributed by atoms with Gasteiger partial charge >= 0.3 is 0 Å². The molecule has 0 saturated heterocycles. The number of aryl methyl sites for hydroxylation is 1. The van der Waals surface area contributed by atoms with Gasteiger partial charge < -0.3 is 10.6 Å². The number of hydrogen-bond donors (Lipinski definition) is 1. The molecule has 0 bridgehead atoms. The van der Waals surface area contributed by atoms with Crippen LogP contribution in [0, 0.1) is 6.92 Å². The van der Waals surface area contributed by atoms with Gasteiger partial charge in [0, 0.05) is 5.54 Å². The van der Waals surface area contributed by atoms with Crippen LogP contribution < -0.4 is 5.73 Å². The average Bonchev–Trinajstić information content (AvgIpc) is 2.99. The zero-order chi connectivity index (χ0) is 13.5. The number of hydrogen-bond acceptors (Lipinski definition) is 2. The highest BCUT2D eigenvalue weighted by Gasteiger charge is 2.47. The molecule has 2 nitrogen and oxygen atoms in total. The van der Waals surface area contributed by atoms with Crippen LogP contribution in [0.3, 0.4) is 0 Å². The molecule has 1 saturated carbocycles. The van der Waals surface area contributed by atoms with E-state index in [9.17, 15) is 0 Å². The fourth-order valence-electron chi connectivity index (χ4n) is 2.83. The summed E-state index contributed by atoms with van der Waals surface area (Å²) in [6, 6.07) is 7.19. The third kappa shape index (κ3) is 2.45. The molecule has 0 aromatic heterocycles. The lowest BCUT2D eigenvalue weighted by Crippen LogP contribution is -2.39. The van der Waals surface area contributed by atoms with Crippen molar-refractivity contribution in [3.63, 3.8) is 0 Å². The second-order valence-electron chi connectivity index (χ2n) is 6.37. The maximum Gasteiger partial charge on any atom is 0.0525 e. The Morgan fingerprint density at radius 3 is 2.28 bits per heavy atom. The molecule has 0 radical (unpaired) electrons. The van der Waals surface area contributed by atoms with Gasteiger partial charge in [0.2, 0.25) is 0 Å². The summed E-state index contributed by atoms with van der Waals surface area (Å²) in [6.07, 6.45) is 2.28. The minimum absolute atomic E-state index is 0.0101. The van der Waals surface area contributed by atoms with E-state index in [2.05, 4.69) is 58.0 Å². The van der Waals surface area contributed by atoms with Crippen LogP contribution in [-0.4, -0.2) is 24.5 Å². The van der Waals surface area contributed by atoms with Crippen molar-refractivity contribution in [2.24, 2.45) is 5.73 Å². The largest absolute Gasteiger partial charge is 0.323 e. The number of nitrogens with two attached hydrogens (primary N) is 1. The van der Waals surface area contributed by atoms with Gasteiger partial charge in [0.1, 0.15) is 0 Å². The topological polar surface area (TPSA) is 29.3 Å². The molecule has 1 aromatic rings. The number of likely N-dealkylation sites (N-methyl/N-ethyl adjacent to an activating group) is 1. The van der Waals surface area contributed by atoms with Crippen molar-refractivity contribution >= 4 is 0 Å². The summed E-state index contributed by atoms with van der Waals surface area (Å²) in [5.74, 6) is 0.570. The zero-order valence-electron chi connectivity index (χ0n) is 12.3. The second kappa shape index (κ2) is 4.67. The van der Waals surface area contributed by atoms with Crippen LogP contribution >= 0.6 is 0 Å². The quantitative estimate of drug-likeness (QED) is 0.884. The standard InChI is InChI=1S/C16H26N2/c1-11(2)13-7-6-12(3)14(10-13)15(18(4)5)16(17)8-9-16/h6-7,10-11,15H,8-9,17H2,1-5H3. The fourth-order valence-corrected chi connectivity index (χ4v) is 2.83. The van der Waals surface area contributed by atoms with Gasteiger partial charge in [-0.05, 0) is 56.5 Å². The highest BCUT2D eigenvalue weighted by molar-refractivity contribution is 5.38. The lowest BCUT2D eigenvalue weighted by atomic mass is 9.89. The minimum Gasteiger partial charge on any atom is -0.323 e. The Morgan fingerprint density at radius 2 is 1.83 bits per heavy atom. The summed E-state index contributed by atoms with van der Waals surface area (Å²) in [7, 11) is 4.28. The highest BCUT2D eigenvalue weighted by Crippen LogP contribution is 2.47. The monoisotopic (exact) mass is 246 g/mol. The molecule has 1 aliphatic carbocycles. The first-order valence-corrected chi connectivity index (χ1v) is 6.91. The van der Waals surface area contributed by atoms with Gasteiger partial charge in [0.05, 0.1) is 6.04 Å². The first-order valence-electron chi connectivity index (χ1n) is 6.91. The van der Waals surface area contributed by atoms with Crippen molar-refractivity contribution in [3.8, 4) is 0 Å². The van der Waals surface area contributed by atoms with E-state index < -0.39 is 0 Å². The Morgan fingerprint density at radius 1 is 1.22 bits per heavy atom. The van der Waals surface area contributed by atoms with Gasteiger partial charge in [-0.1, -0.05) is 32.0 Å². The maximum atomic E-state index is 6.48. The average molecular weight is 246 g/mol. The number of benzene rings is 1. The van der Waals surface area contributed by atoms with Crippen LogP contribution in [0.25, 0.3) is 0 Å². The molecule has 1 atom stereocenters. The molecule has 1 unspecified atom stereocenters. The van der Waals surface area contributed by atoms with Gasteiger partial charge in [-0.25, -0.2) is 0 Å². The van der Waals surface area contributed by atoms with Crippen molar-refractivity contribution in [2.45, 2.75) is 51.1 Å². The van der Waals surface area contributed by atoms with Crippen molar-refractivity contribution in [3.05, 3.63) is 34.9 Å². The summed E-state index contributed by atoms with van der Waals surface area (Å²) < 4.78 is 0. The Balaban J connectivity index is 2.44. The van der Waals surface area contributed by atoms with Crippen molar-refractivity contribution in [2.75, 3.05) is 14.1 Å². The molecule has 2 N–H and O–H groups in total. The molecule has 0 heterocycles. The number of nitrogens with zero attached hydrogens (tertiary/aromatic N) is 1. The van der Waals surface area contributed by atoms with Crippen LogP contribution in [0.5, 0.6) is 0 Å². The summed E-state index contributed by atoms with van der Waals surface area (Å²) >= 11 is 0. The fraction of sp³-hybridized carbons (Fsp3) is 0.625. The van der Waals surface area contributed by atoms with Crippen molar-refractivity contribution in [1.29, 1.82) is 0 Å². The molecule has 1 aromatic carbocycles. The molecule has 18 heavy (non-hydrogen) atoms. The summed E-state index contributed by atoms with van der Waals surface area (Å²) in [5, 5.41) is 0. The third-order valence-electron chi connectivity index (χ3n) is 4.15. The van der Waals surface area contributed by atoms with Crippen LogP contribution in [0.2, 0.25) is 0 Å². The van der Waals surface area contributed by atoms with E-state index in [1.165, 1.54) is 16.7 Å². The Labute approximate surface area is 111 Å². The summed E-state index contributed by atoms with van der Waals surface area (Å²) in [5.41, 5.74) is 10.6. The summed E-state index contributed by atoms with van der Waals surface area (Å²) in [6.45, 7) is 6.69. The van der Waals surface area contributed by atoms with Crippen LogP contribution in [-0.2, 0) is 0 Å². The van der Waals surface area contributed by atoms with Gasteiger partial charge in [0.15, 0.2) is 0 Å². The molecule has 0 amide bonds. The molecule has 2 heteroatoms. The first kappa shape index (κ1) is 13.6. The van der Waals surface area contributed by atoms with Crippen LogP contribution in [0.15, 0.2) is 18.2 Å². The molecule has 1 aliphatic rings. The van der Waals surface area contributed by atoms with E-state index in [0.717, 1.165) is 12.8 Å². The third-order valence-corrected chi connectivity index (χ3v) is 4.15. The molecule has 0 spiro atoms. The van der Waals surface area contributed by atoms with Gasteiger partial charge in [-0.2, -0.15) is 0 Å². The van der Waals surface area contributed by atoms with E-state index in [1.54, 1.807) is 0 Å². The van der Waals surface area contributed by atoms with Crippen molar-refractivity contribution < 1.29 is 0 Å². The zero-order valence-corrected chi connectivity index (χ0v) is 12.3. The second-order valence-corrected chi connectivity index (χ2v) is 6.37. The Hall–Kier alpha value is -0.860. The van der Waals surface area contributed by atoms with E-state index >= 15 is 0 Å². The molecule has 1 fully saturated rings. The van der Waals surface area contributed by atoms with E-state index in [0.29, 0.717) is 12.0 Å². The molecule has 0 aliphatic heterocycles. The molecular weight excluding hydrogens is 220 g/mol. The lowest BCUT2D eigenvalue weighted by molar-refractivity contribution is 0.245. The predicted molar refractivity (Wildman–Crippen MR) is 77.8 cm³/mol. The first-order chi connectivity index (χ1) is 8.35. The Kier molecular flexibility index (Phi) is 3.52. The molecule has 2 rings (SSSR count). The van der Waals surface area contributed by atoms with Gasteiger partial charge in [0.25, 0.3) is 0 Å². The molecular formula is C16H26N2. The maximum absolute atomic E-state index is 6.48. The van der Waals surface area contributed by atoms with E-state index in [-0.39, 0.29) is 5.54 Å². The smallest absolute Gasteiger partial charge is 0.0525 e. The Bertz CT molecular complexity index is 431.